The van der Waals surface area contributed by atoms with Crippen LogP contribution in [0.2, 0.25) is 0 Å². The number of nitrogens with zero attached hydrogens (tertiary/aromatic N) is 1. The van der Waals surface area contributed by atoms with Gasteiger partial charge in [-0.1, -0.05) is 24.3 Å². The molecular weight excluding hydrogens is 394 g/mol. The van der Waals surface area contributed by atoms with Gasteiger partial charge in [-0.2, -0.15) is 0 Å². The Bertz CT molecular complexity index is 1170. The average Bonchev–Trinajstić information content (AvgIpc) is 2.72. The lowest BCUT2D eigenvalue weighted by atomic mass is 10.1. The van der Waals surface area contributed by atoms with E-state index in [0.29, 0.717) is 5.39 Å². The van der Waals surface area contributed by atoms with Crippen LogP contribution in [-0.4, -0.2) is 36.9 Å². The maximum Gasteiger partial charge on any atom is 0.306 e. The number of benzene rings is 2. The van der Waals surface area contributed by atoms with Crippen molar-refractivity contribution in [3.63, 3.8) is 0 Å². The van der Waals surface area contributed by atoms with Crippen molar-refractivity contribution in [2.45, 2.75) is 29.6 Å². The number of carbonyl (C=O) groups excluding carboxylic acids is 2. The molecule has 1 heterocycles. The Hall–Kier alpha value is -3.26. The Labute approximate surface area is 167 Å². The zero-order valence-corrected chi connectivity index (χ0v) is 16.5. The van der Waals surface area contributed by atoms with Gasteiger partial charge in [0.25, 0.3) is 0 Å². The standard InChI is InChI=1S/C21H19NO6S/c1-2-28-20(25)11-10-18(23)21-19(24)12-14-8-9-16(13-17(14)22-21)29(26,27)15-6-4-3-5-7-15/h3-9,12-13,24H,2,10-11H2,1H3. The molecule has 29 heavy (non-hydrogen) atoms. The normalized spacial score (nSPS) is 11.3. The number of esters is 1. The monoisotopic (exact) mass is 413 g/mol. The summed E-state index contributed by atoms with van der Waals surface area (Å²) in [5.74, 6) is -1.38. The molecule has 2 aromatic carbocycles. The van der Waals surface area contributed by atoms with Crippen molar-refractivity contribution in [1.82, 2.24) is 4.98 Å². The predicted molar refractivity (Wildman–Crippen MR) is 105 cm³/mol. The third kappa shape index (κ3) is 4.43. The predicted octanol–water partition coefficient (Wildman–Crippen LogP) is 3.30. The van der Waals surface area contributed by atoms with E-state index in [2.05, 4.69) is 4.98 Å². The first-order valence-electron chi connectivity index (χ1n) is 8.95. The second-order valence-corrected chi connectivity index (χ2v) is 8.20. The summed E-state index contributed by atoms with van der Waals surface area (Å²) in [6.45, 7) is 1.88. The van der Waals surface area contributed by atoms with Gasteiger partial charge in [0.15, 0.2) is 5.78 Å². The van der Waals surface area contributed by atoms with Crippen molar-refractivity contribution in [2.24, 2.45) is 0 Å². The average molecular weight is 413 g/mol. The highest BCUT2D eigenvalue weighted by Crippen LogP contribution is 2.28. The van der Waals surface area contributed by atoms with Gasteiger partial charge >= 0.3 is 5.97 Å². The molecule has 1 N–H and O–H groups in total. The highest BCUT2D eigenvalue weighted by molar-refractivity contribution is 7.91. The number of pyridine rings is 1. The van der Waals surface area contributed by atoms with Gasteiger partial charge in [-0.05, 0) is 37.3 Å². The van der Waals surface area contributed by atoms with Gasteiger partial charge in [-0.25, -0.2) is 13.4 Å². The fraction of sp³-hybridized carbons (Fsp3) is 0.190. The fourth-order valence-electron chi connectivity index (χ4n) is 2.81. The molecule has 0 unspecified atom stereocenters. The first-order valence-corrected chi connectivity index (χ1v) is 10.4. The van der Waals surface area contributed by atoms with E-state index in [1.165, 1.54) is 36.4 Å². The number of ketones is 1. The molecule has 3 rings (SSSR count). The first kappa shape index (κ1) is 20.5. The number of ether oxygens (including phenoxy) is 1. The summed E-state index contributed by atoms with van der Waals surface area (Å²) < 4.78 is 30.4. The zero-order valence-electron chi connectivity index (χ0n) is 15.7. The lowest BCUT2D eigenvalue weighted by Gasteiger charge is -2.08. The maximum absolute atomic E-state index is 12.8. The van der Waals surface area contributed by atoms with Gasteiger partial charge < -0.3 is 9.84 Å². The molecule has 0 spiro atoms. The van der Waals surface area contributed by atoms with Crippen molar-refractivity contribution in [3.8, 4) is 5.75 Å². The minimum atomic E-state index is -3.75. The van der Waals surface area contributed by atoms with Crippen molar-refractivity contribution in [3.05, 3.63) is 60.3 Å². The summed E-state index contributed by atoms with van der Waals surface area (Å²) in [5, 5.41) is 10.6. The molecule has 7 nitrogen and oxygen atoms in total. The Morgan fingerprint density at radius 3 is 2.41 bits per heavy atom. The van der Waals surface area contributed by atoms with Crippen LogP contribution in [0.25, 0.3) is 10.9 Å². The van der Waals surface area contributed by atoms with E-state index in [9.17, 15) is 23.1 Å². The molecule has 0 saturated carbocycles. The molecule has 8 heteroatoms. The third-order valence-electron chi connectivity index (χ3n) is 4.26. The van der Waals surface area contributed by atoms with E-state index in [-0.39, 0.29) is 46.2 Å². The van der Waals surface area contributed by atoms with Crippen LogP contribution in [0, 0.1) is 0 Å². The number of Topliss-reactive ketones (excluding diaryl/α,β-unsaturated/α-hetero) is 1. The zero-order chi connectivity index (χ0) is 21.0. The molecule has 0 aliphatic heterocycles. The summed E-state index contributed by atoms with van der Waals surface area (Å²) in [6.07, 6.45) is -0.304. The highest BCUT2D eigenvalue weighted by atomic mass is 32.2. The largest absolute Gasteiger partial charge is 0.506 e. The summed E-state index contributed by atoms with van der Waals surface area (Å²) in [4.78, 5) is 28.1. The van der Waals surface area contributed by atoms with Crippen molar-refractivity contribution in [1.29, 1.82) is 0 Å². The maximum atomic E-state index is 12.8. The molecule has 0 bridgehead atoms. The van der Waals surface area contributed by atoms with Gasteiger partial charge in [0, 0.05) is 11.8 Å². The molecule has 0 fully saturated rings. The van der Waals surface area contributed by atoms with Gasteiger partial charge in [0.05, 0.1) is 28.3 Å². The van der Waals surface area contributed by atoms with E-state index < -0.39 is 21.6 Å². The Morgan fingerprint density at radius 2 is 1.72 bits per heavy atom. The molecule has 0 saturated heterocycles. The lowest BCUT2D eigenvalue weighted by Crippen LogP contribution is -2.09. The van der Waals surface area contributed by atoms with Crippen LogP contribution < -0.4 is 0 Å². The van der Waals surface area contributed by atoms with Crippen LogP contribution in [0.5, 0.6) is 5.75 Å². The minimum absolute atomic E-state index is 0.0271. The van der Waals surface area contributed by atoms with E-state index in [1.54, 1.807) is 25.1 Å². The number of fused-ring (bicyclic) bond motifs is 1. The number of sulfone groups is 1. The number of rotatable bonds is 7. The summed E-state index contributed by atoms with van der Waals surface area (Å²) in [7, 11) is -3.75. The molecule has 3 aromatic rings. The van der Waals surface area contributed by atoms with Crippen LogP contribution in [0.4, 0.5) is 0 Å². The second kappa shape index (κ2) is 8.40. The number of aromatic hydroxyl groups is 1. The van der Waals surface area contributed by atoms with E-state index >= 15 is 0 Å². The molecule has 0 atom stereocenters. The number of hydrogen-bond donors (Lipinski definition) is 1. The molecule has 1 aromatic heterocycles. The Balaban J connectivity index is 1.96. The molecular formula is C21H19NO6S. The van der Waals surface area contributed by atoms with Gasteiger partial charge in [0.2, 0.25) is 9.84 Å². The third-order valence-corrected chi connectivity index (χ3v) is 6.03. The van der Waals surface area contributed by atoms with E-state index in [0.717, 1.165) is 0 Å². The van der Waals surface area contributed by atoms with Crippen LogP contribution >= 0.6 is 0 Å². The van der Waals surface area contributed by atoms with Gasteiger partial charge in [0.1, 0.15) is 11.4 Å². The van der Waals surface area contributed by atoms with Gasteiger partial charge in [-0.3, -0.25) is 9.59 Å². The molecule has 0 aliphatic carbocycles. The summed E-state index contributed by atoms with van der Waals surface area (Å²) in [5.41, 5.74) is 0.0374. The quantitative estimate of drug-likeness (QED) is 0.467. The minimum Gasteiger partial charge on any atom is -0.506 e. The van der Waals surface area contributed by atoms with Crippen LogP contribution in [0.1, 0.15) is 30.3 Å². The molecule has 150 valence electrons. The molecule has 0 radical (unpaired) electrons. The molecule has 0 amide bonds. The summed E-state index contributed by atoms with van der Waals surface area (Å²) >= 11 is 0. The number of hydrogen-bond acceptors (Lipinski definition) is 7. The van der Waals surface area contributed by atoms with Gasteiger partial charge in [-0.15, -0.1) is 0 Å². The van der Waals surface area contributed by atoms with E-state index in [1.807, 2.05) is 0 Å². The smallest absolute Gasteiger partial charge is 0.306 e. The first-order chi connectivity index (χ1) is 13.8. The fourth-order valence-corrected chi connectivity index (χ4v) is 4.11. The van der Waals surface area contributed by atoms with Crippen LogP contribution in [0.15, 0.2) is 64.4 Å². The Morgan fingerprint density at radius 1 is 1.00 bits per heavy atom. The van der Waals surface area contributed by atoms with Crippen LogP contribution in [0.3, 0.4) is 0 Å². The van der Waals surface area contributed by atoms with Crippen LogP contribution in [-0.2, 0) is 19.4 Å². The second-order valence-electron chi connectivity index (χ2n) is 6.26. The SMILES string of the molecule is CCOC(=O)CCC(=O)c1nc2cc(S(=O)(=O)c3ccccc3)ccc2cc1O. The van der Waals surface area contributed by atoms with Crippen molar-refractivity contribution < 1.29 is 27.9 Å². The Kier molecular flexibility index (Phi) is 5.93. The lowest BCUT2D eigenvalue weighted by molar-refractivity contribution is -0.143. The molecule has 0 aliphatic rings. The topological polar surface area (TPSA) is 111 Å². The van der Waals surface area contributed by atoms with E-state index in [4.69, 9.17) is 4.74 Å². The number of carbonyl (C=O) groups is 2. The summed E-state index contributed by atoms with van der Waals surface area (Å²) in [6, 6.07) is 13.6. The van der Waals surface area contributed by atoms with Crippen molar-refractivity contribution >= 4 is 32.5 Å². The highest BCUT2D eigenvalue weighted by Gasteiger charge is 2.20. The number of aromatic nitrogens is 1. The van der Waals surface area contributed by atoms with Crippen molar-refractivity contribution in [2.75, 3.05) is 6.61 Å².